The molecule has 2 aromatic rings. The summed E-state index contributed by atoms with van der Waals surface area (Å²) in [5.41, 5.74) is 0. The van der Waals surface area contributed by atoms with Gasteiger partial charge in [-0.3, -0.25) is 0 Å². The molecular weight excluding hydrogens is 270 g/mol. The Hall–Kier alpha value is -1.20. The van der Waals surface area contributed by atoms with Crippen molar-refractivity contribution in [2.45, 2.75) is 45.6 Å². The van der Waals surface area contributed by atoms with Crippen LogP contribution >= 0.6 is 11.3 Å². The summed E-state index contributed by atoms with van der Waals surface area (Å²) in [6.45, 7) is 6.04. The molecule has 0 amide bonds. The van der Waals surface area contributed by atoms with Gasteiger partial charge in [0, 0.05) is 24.4 Å². The maximum Gasteiger partial charge on any atom is 0.138 e. The van der Waals surface area contributed by atoms with Crippen molar-refractivity contribution >= 4 is 27.4 Å². The molecule has 3 heterocycles. The Labute approximate surface area is 123 Å². The van der Waals surface area contributed by atoms with Crippen LogP contribution in [0.1, 0.15) is 37.4 Å². The van der Waals surface area contributed by atoms with Gasteiger partial charge in [-0.2, -0.15) is 0 Å². The number of hydrogen-bond donors (Lipinski definition) is 1. The number of nitrogens with one attached hydrogen (secondary N) is 1. The minimum atomic E-state index is 0.299. The van der Waals surface area contributed by atoms with E-state index in [1.54, 1.807) is 11.3 Å². The van der Waals surface area contributed by atoms with Crippen molar-refractivity contribution in [3.05, 3.63) is 16.8 Å². The molecule has 108 valence electrons. The summed E-state index contributed by atoms with van der Waals surface area (Å²) in [6, 6.07) is 2.22. The molecule has 0 radical (unpaired) electrons. The number of rotatable bonds is 5. The summed E-state index contributed by atoms with van der Waals surface area (Å²) in [4.78, 5) is 11.9. The first-order chi connectivity index (χ1) is 9.80. The smallest absolute Gasteiger partial charge is 0.138 e. The zero-order chi connectivity index (χ0) is 13.9. The Kier molecular flexibility index (Phi) is 4.17. The normalized spacial score (nSPS) is 18.8. The molecule has 3 rings (SSSR count). The highest BCUT2D eigenvalue weighted by atomic mass is 32.1. The quantitative estimate of drug-likeness (QED) is 0.917. The highest BCUT2D eigenvalue weighted by Gasteiger charge is 2.19. The lowest BCUT2D eigenvalue weighted by Crippen LogP contribution is -2.12. The minimum Gasteiger partial charge on any atom is -0.378 e. The first kappa shape index (κ1) is 13.8. The predicted octanol–water partition coefficient (Wildman–Crippen LogP) is 3.41. The van der Waals surface area contributed by atoms with E-state index in [2.05, 4.69) is 25.2 Å². The standard InChI is InChI=1S/C15H21N3OS/c1-3-11-9-12-14(16-4-2)17-13(18-15(12)20-11)8-10-6-5-7-19-10/h9-10H,3-8H2,1-2H3,(H,16,17,18). The number of thiophene rings is 1. The molecule has 0 bridgehead atoms. The van der Waals surface area contributed by atoms with E-state index in [9.17, 15) is 0 Å². The Bertz CT molecular complexity index is 590. The van der Waals surface area contributed by atoms with E-state index >= 15 is 0 Å². The molecule has 0 spiro atoms. The van der Waals surface area contributed by atoms with Gasteiger partial charge >= 0.3 is 0 Å². The summed E-state index contributed by atoms with van der Waals surface area (Å²) in [5, 5.41) is 4.53. The van der Waals surface area contributed by atoms with E-state index in [1.165, 1.54) is 4.88 Å². The summed E-state index contributed by atoms with van der Waals surface area (Å²) in [7, 11) is 0. The summed E-state index contributed by atoms with van der Waals surface area (Å²) >= 11 is 1.78. The van der Waals surface area contributed by atoms with Crippen molar-refractivity contribution in [1.82, 2.24) is 9.97 Å². The largest absolute Gasteiger partial charge is 0.378 e. The predicted molar refractivity (Wildman–Crippen MR) is 83.6 cm³/mol. The van der Waals surface area contributed by atoms with Gasteiger partial charge in [0.25, 0.3) is 0 Å². The van der Waals surface area contributed by atoms with E-state index < -0.39 is 0 Å². The fourth-order valence-corrected chi connectivity index (χ4v) is 3.58. The van der Waals surface area contributed by atoms with Crippen LogP contribution in [-0.2, 0) is 17.6 Å². The molecule has 5 heteroatoms. The van der Waals surface area contributed by atoms with E-state index in [4.69, 9.17) is 14.7 Å². The van der Waals surface area contributed by atoms with Gasteiger partial charge in [0.1, 0.15) is 16.5 Å². The van der Waals surface area contributed by atoms with Gasteiger partial charge < -0.3 is 10.1 Å². The van der Waals surface area contributed by atoms with Gasteiger partial charge in [0.15, 0.2) is 0 Å². The molecule has 1 saturated heterocycles. The average Bonchev–Trinajstić information content (AvgIpc) is 3.08. The second kappa shape index (κ2) is 6.06. The Morgan fingerprint density at radius 1 is 1.40 bits per heavy atom. The van der Waals surface area contributed by atoms with Crippen LogP contribution < -0.4 is 5.32 Å². The molecular formula is C15H21N3OS. The van der Waals surface area contributed by atoms with Gasteiger partial charge in [-0.15, -0.1) is 11.3 Å². The fraction of sp³-hybridized carbons (Fsp3) is 0.600. The first-order valence-corrected chi connectivity index (χ1v) is 8.26. The zero-order valence-corrected chi connectivity index (χ0v) is 12.9. The summed E-state index contributed by atoms with van der Waals surface area (Å²) < 4.78 is 5.70. The van der Waals surface area contributed by atoms with Crippen molar-refractivity contribution in [1.29, 1.82) is 0 Å². The Morgan fingerprint density at radius 3 is 3.00 bits per heavy atom. The van der Waals surface area contributed by atoms with Crippen LogP contribution in [0.15, 0.2) is 6.07 Å². The number of anilines is 1. The lowest BCUT2D eigenvalue weighted by atomic mass is 10.2. The number of ether oxygens (including phenoxy) is 1. The van der Waals surface area contributed by atoms with Gasteiger partial charge in [-0.05, 0) is 32.3 Å². The highest BCUT2D eigenvalue weighted by molar-refractivity contribution is 7.18. The number of aryl methyl sites for hydroxylation is 1. The molecule has 1 aliphatic rings. The number of nitrogens with zero attached hydrogens (tertiary/aromatic N) is 2. The van der Waals surface area contributed by atoms with Crippen LogP contribution in [-0.4, -0.2) is 29.2 Å². The van der Waals surface area contributed by atoms with Crippen LogP contribution in [0.3, 0.4) is 0 Å². The second-order valence-electron chi connectivity index (χ2n) is 5.14. The maximum absolute atomic E-state index is 5.70. The Morgan fingerprint density at radius 2 is 2.30 bits per heavy atom. The molecule has 1 atom stereocenters. The molecule has 1 N–H and O–H groups in total. The molecule has 20 heavy (non-hydrogen) atoms. The lowest BCUT2D eigenvalue weighted by molar-refractivity contribution is 0.110. The third kappa shape index (κ3) is 2.79. The van der Waals surface area contributed by atoms with Gasteiger partial charge in [-0.1, -0.05) is 6.92 Å². The molecule has 1 unspecified atom stereocenters. The van der Waals surface area contributed by atoms with E-state index in [-0.39, 0.29) is 0 Å². The van der Waals surface area contributed by atoms with Gasteiger partial charge in [-0.25, -0.2) is 9.97 Å². The van der Waals surface area contributed by atoms with E-state index in [0.717, 1.165) is 60.7 Å². The second-order valence-corrected chi connectivity index (χ2v) is 6.26. The fourth-order valence-electron chi connectivity index (χ4n) is 2.59. The summed E-state index contributed by atoms with van der Waals surface area (Å²) in [5.74, 6) is 1.88. The molecule has 2 aromatic heterocycles. The van der Waals surface area contributed by atoms with Crippen LogP contribution in [0.5, 0.6) is 0 Å². The number of fused-ring (bicyclic) bond motifs is 1. The highest BCUT2D eigenvalue weighted by Crippen LogP contribution is 2.30. The number of aromatic nitrogens is 2. The third-order valence-electron chi connectivity index (χ3n) is 3.62. The van der Waals surface area contributed by atoms with Crippen molar-refractivity contribution < 1.29 is 4.74 Å². The van der Waals surface area contributed by atoms with Crippen molar-refractivity contribution in [3.8, 4) is 0 Å². The monoisotopic (exact) mass is 291 g/mol. The first-order valence-electron chi connectivity index (χ1n) is 7.45. The Balaban J connectivity index is 1.95. The van der Waals surface area contributed by atoms with Crippen molar-refractivity contribution in [2.75, 3.05) is 18.5 Å². The maximum atomic E-state index is 5.70. The average molecular weight is 291 g/mol. The molecule has 0 aliphatic carbocycles. The summed E-state index contributed by atoms with van der Waals surface area (Å²) in [6.07, 6.45) is 4.46. The molecule has 4 nitrogen and oxygen atoms in total. The van der Waals surface area contributed by atoms with E-state index in [1.807, 2.05) is 0 Å². The van der Waals surface area contributed by atoms with E-state index in [0.29, 0.717) is 6.10 Å². The topological polar surface area (TPSA) is 47.0 Å². The lowest BCUT2D eigenvalue weighted by Gasteiger charge is -2.10. The minimum absolute atomic E-state index is 0.299. The third-order valence-corrected chi connectivity index (χ3v) is 4.79. The van der Waals surface area contributed by atoms with Crippen LogP contribution in [0.4, 0.5) is 5.82 Å². The number of hydrogen-bond acceptors (Lipinski definition) is 5. The van der Waals surface area contributed by atoms with Crippen LogP contribution in [0.2, 0.25) is 0 Å². The van der Waals surface area contributed by atoms with Crippen LogP contribution in [0, 0.1) is 0 Å². The SMILES string of the molecule is CCNc1nc(CC2CCCO2)nc2sc(CC)cc12. The van der Waals surface area contributed by atoms with Crippen molar-refractivity contribution in [2.24, 2.45) is 0 Å². The molecule has 0 saturated carbocycles. The van der Waals surface area contributed by atoms with Crippen LogP contribution in [0.25, 0.3) is 10.2 Å². The van der Waals surface area contributed by atoms with Gasteiger partial charge in [0.05, 0.1) is 11.5 Å². The molecule has 0 aromatic carbocycles. The van der Waals surface area contributed by atoms with Crippen molar-refractivity contribution in [3.63, 3.8) is 0 Å². The molecule has 1 fully saturated rings. The van der Waals surface area contributed by atoms with Gasteiger partial charge in [0.2, 0.25) is 0 Å². The molecule has 1 aliphatic heterocycles. The zero-order valence-electron chi connectivity index (χ0n) is 12.1.